The van der Waals surface area contributed by atoms with Crippen molar-refractivity contribution < 1.29 is 4.42 Å². The van der Waals surface area contributed by atoms with Crippen molar-refractivity contribution in [2.75, 3.05) is 14.6 Å². The highest BCUT2D eigenvalue weighted by molar-refractivity contribution is 6.94. The summed E-state index contributed by atoms with van der Waals surface area (Å²) in [6, 6.07) is 61.1. The van der Waals surface area contributed by atoms with E-state index in [1.54, 1.807) is 0 Å². The molecular weight excluding hydrogens is 934 g/mol. The molecule has 0 N–H and O–H groups in total. The zero-order valence-corrected chi connectivity index (χ0v) is 48.2. The van der Waals surface area contributed by atoms with Crippen LogP contribution in [-0.2, 0) is 27.1 Å². The van der Waals surface area contributed by atoms with Gasteiger partial charge in [-0.1, -0.05) is 194 Å². The second-order valence-corrected chi connectivity index (χ2v) is 27.8. The van der Waals surface area contributed by atoms with Gasteiger partial charge < -0.3 is 19.0 Å². The maximum Gasteiger partial charge on any atom is 0.333 e. The van der Waals surface area contributed by atoms with Gasteiger partial charge >= 0.3 is 6.85 Å². The van der Waals surface area contributed by atoms with E-state index in [2.05, 4.69) is 269 Å². The van der Waals surface area contributed by atoms with E-state index in [9.17, 15) is 0 Å². The number of anilines is 7. The average molecular weight is 1010 g/mol. The Hall–Kier alpha value is -6.98. The Balaban J connectivity index is 1.21. The molecule has 0 bridgehead atoms. The van der Waals surface area contributed by atoms with Crippen molar-refractivity contribution >= 4 is 79.5 Å². The van der Waals surface area contributed by atoms with Gasteiger partial charge in [-0.2, -0.15) is 0 Å². The SMILES string of the molecule is CC(C)(C)c1ccc(N(c2ccc(C(C)(C)C)cc2)c2cc3c4c(c2)N2c5c(cc(C(C)(C)C)cc5C5(C)CCCCC25C)B4N(c2ccc(C(C)(C)C)cc2-c2ccccc2)c2ccc4oc5ccccc5c4c2-3)cc1. The molecule has 5 heteroatoms. The molecule has 4 nitrogen and oxygen atoms in total. The number of rotatable bonds is 5. The molecule has 13 rings (SSSR count). The van der Waals surface area contributed by atoms with Gasteiger partial charge in [0.1, 0.15) is 11.2 Å². The van der Waals surface area contributed by atoms with Crippen LogP contribution in [0.15, 0.2) is 162 Å². The van der Waals surface area contributed by atoms with Gasteiger partial charge in [-0.3, -0.25) is 0 Å². The first-order chi connectivity index (χ1) is 36.5. The van der Waals surface area contributed by atoms with Crippen LogP contribution >= 0.6 is 0 Å². The number of furan rings is 1. The lowest BCUT2D eigenvalue weighted by Gasteiger charge is -2.53. The molecule has 3 aliphatic heterocycles. The fraction of sp³-hybridized carbons (Fsp3) is 0.333. The smallest absolute Gasteiger partial charge is 0.333 e. The fourth-order valence-corrected chi connectivity index (χ4v) is 14.1. The third-order valence-electron chi connectivity index (χ3n) is 18.8. The average Bonchev–Trinajstić information content (AvgIpc) is 2.97. The van der Waals surface area contributed by atoms with Gasteiger partial charge in [0.25, 0.3) is 0 Å². The molecule has 8 aromatic carbocycles. The summed E-state index contributed by atoms with van der Waals surface area (Å²) in [7, 11) is 0. The maximum atomic E-state index is 6.93. The van der Waals surface area contributed by atoms with Crippen molar-refractivity contribution in [3.05, 3.63) is 186 Å². The Labute approximate surface area is 459 Å². The molecule has 0 saturated heterocycles. The lowest BCUT2D eigenvalue weighted by molar-refractivity contribution is 0.195. The molecule has 1 fully saturated rings. The first-order valence-electron chi connectivity index (χ1n) is 28.6. The van der Waals surface area contributed by atoms with E-state index in [4.69, 9.17) is 4.42 Å². The van der Waals surface area contributed by atoms with Crippen LogP contribution < -0.4 is 25.5 Å². The van der Waals surface area contributed by atoms with Crippen molar-refractivity contribution in [1.29, 1.82) is 0 Å². The molecule has 2 unspecified atom stereocenters. The van der Waals surface area contributed by atoms with Gasteiger partial charge in [0.05, 0.1) is 5.54 Å². The van der Waals surface area contributed by atoms with E-state index < -0.39 is 0 Å². The second-order valence-electron chi connectivity index (χ2n) is 27.8. The number of para-hydroxylation sites is 1. The minimum atomic E-state index is -0.188. The van der Waals surface area contributed by atoms with Crippen LogP contribution in [0, 0.1) is 0 Å². The zero-order chi connectivity index (χ0) is 53.9. The van der Waals surface area contributed by atoms with E-state index >= 15 is 0 Å². The Kier molecular flexibility index (Phi) is 10.8. The van der Waals surface area contributed by atoms with Crippen molar-refractivity contribution in [1.82, 2.24) is 0 Å². The number of benzene rings is 8. The molecule has 1 saturated carbocycles. The Bertz CT molecular complexity index is 3780. The normalized spacial score (nSPS) is 18.9. The van der Waals surface area contributed by atoms with Gasteiger partial charge in [0.15, 0.2) is 0 Å². The van der Waals surface area contributed by atoms with Crippen molar-refractivity contribution in [3.8, 4) is 22.3 Å². The Morgan fingerprint density at radius 1 is 0.494 bits per heavy atom. The lowest BCUT2D eigenvalue weighted by Crippen LogP contribution is -2.64. The standard InChI is InChI=1S/C72H76BN3O/c1-67(2,3)46-26-31-50(32-27-46)74(51-33-28-47(29-34-51)68(4,5)6)52-43-55-63-59(36-37-62-64(63)53-24-18-19-25-61(53)77-62)76(58-35-30-48(69(7,8)9)40-54(58)45-22-16-15-17-23-45)73-57-42-49(70(10,11)12)41-56-66(57)75(60(44-52)65(55)73)72(14)39-21-20-38-71(56,72)13/h15-19,22-37,40-44H,20-21,38-39H2,1-14H3. The summed E-state index contributed by atoms with van der Waals surface area (Å²) in [6.07, 6.45) is 4.69. The molecule has 2 atom stereocenters. The quantitative estimate of drug-likeness (QED) is 0.160. The number of fused-ring (bicyclic) bond motifs is 11. The van der Waals surface area contributed by atoms with Crippen LogP contribution in [0.2, 0.25) is 0 Å². The first-order valence-corrected chi connectivity index (χ1v) is 28.6. The van der Waals surface area contributed by atoms with E-state index in [1.807, 2.05) is 0 Å². The van der Waals surface area contributed by atoms with Gasteiger partial charge in [-0.05, 0) is 158 Å². The van der Waals surface area contributed by atoms with Crippen LogP contribution in [0.3, 0.4) is 0 Å². The molecule has 0 amide bonds. The van der Waals surface area contributed by atoms with E-state index in [1.165, 1.54) is 96.6 Å². The van der Waals surface area contributed by atoms with Crippen molar-refractivity contribution in [2.24, 2.45) is 0 Å². The largest absolute Gasteiger partial charge is 0.456 e. The molecule has 9 aromatic rings. The van der Waals surface area contributed by atoms with Crippen LogP contribution in [0.4, 0.5) is 39.8 Å². The molecule has 4 heterocycles. The second kappa shape index (κ2) is 16.8. The topological polar surface area (TPSA) is 22.9 Å². The summed E-state index contributed by atoms with van der Waals surface area (Å²) < 4.78 is 6.93. The van der Waals surface area contributed by atoms with Gasteiger partial charge in [-0.15, -0.1) is 0 Å². The molecule has 0 spiro atoms. The van der Waals surface area contributed by atoms with Gasteiger partial charge in [0, 0.05) is 67.1 Å². The predicted octanol–water partition coefficient (Wildman–Crippen LogP) is 18.9. The minimum absolute atomic E-state index is 0.0142. The Morgan fingerprint density at radius 2 is 1.08 bits per heavy atom. The molecule has 0 radical (unpaired) electrons. The van der Waals surface area contributed by atoms with Crippen LogP contribution in [-0.4, -0.2) is 12.4 Å². The number of nitrogens with zero attached hydrogens (tertiary/aromatic N) is 3. The summed E-state index contributed by atoms with van der Waals surface area (Å²) in [4.78, 5) is 8.22. The van der Waals surface area contributed by atoms with Crippen molar-refractivity contribution in [2.45, 2.75) is 155 Å². The highest BCUT2D eigenvalue weighted by atomic mass is 16.3. The molecule has 388 valence electrons. The highest BCUT2D eigenvalue weighted by Crippen LogP contribution is 2.64. The van der Waals surface area contributed by atoms with Crippen LogP contribution in [0.1, 0.15) is 150 Å². The van der Waals surface area contributed by atoms with Crippen LogP contribution in [0.5, 0.6) is 0 Å². The van der Waals surface area contributed by atoms with Gasteiger partial charge in [0.2, 0.25) is 0 Å². The molecule has 77 heavy (non-hydrogen) atoms. The zero-order valence-electron chi connectivity index (χ0n) is 48.2. The van der Waals surface area contributed by atoms with E-state index in [0.717, 1.165) is 51.8 Å². The van der Waals surface area contributed by atoms with Crippen LogP contribution in [0.25, 0.3) is 44.2 Å². The minimum Gasteiger partial charge on any atom is -0.456 e. The summed E-state index contributed by atoms with van der Waals surface area (Å²) >= 11 is 0. The Morgan fingerprint density at radius 3 is 1.71 bits per heavy atom. The lowest BCUT2D eigenvalue weighted by atomic mass is 9.43. The molecular formula is C72H76BN3O. The van der Waals surface area contributed by atoms with Gasteiger partial charge in [-0.25, -0.2) is 0 Å². The number of hydrogen-bond donors (Lipinski definition) is 0. The van der Waals surface area contributed by atoms with Crippen molar-refractivity contribution in [3.63, 3.8) is 0 Å². The summed E-state index contributed by atoms with van der Waals surface area (Å²) in [5.74, 6) is 0. The summed E-state index contributed by atoms with van der Waals surface area (Å²) in [6.45, 7) is 33.2. The molecule has 1 aromatic heterocycles. The third kappa shape index (κ3) is 7.45. The summed E-state index contributed by atoms with van der Waals surface area (Å²) in [5, 5.41) is 2.30. The highest BCUT2D eigenvalue weighted by Gasteiger charge is 2.62. The predicted molar refractivity (Wildman–Crippen MR) is 330 cm³/mol. The summed E-state index contributed by atoms with van der Waals surface area (Å²) in [5.41, 5.74) is 24.6. The third-order valence-corrected chi connectivity index (χ3v) is 18.8. The maximum absolute atomic E-state index is 6.93. The monoisotopic (exact) mass is 1010 g/mol. The first kappa shape index (κ1) is 49.6. The fourth-order valence-electron chi connectivity index (χ4n) is 14.1. The number of hydrogen-bond acceptors (Lipinski definition) is 4. The van der Waals surface area contributed by atoms with E-state index in [-0.39, 0.29) is 39.5 Å². The van der Waals surface area contributed by atoms with E-state index in [0.29, 0.717) is 0 Å². The molecule has 4 aliphatic rings. The molecule has 1 aliphatic carbocycles.